The van der Waals surface area contributed by atoms with Crippen molar-refractivity contribution in [3.8, 4) is 0 Å². The summed E-state index contributed by atoms with van der Waals surface area (Å²) in [5.74, 6) is -1.35. The highest BCUT2D eigenvalue weighted by Gasteiger charge is 2.26. The summed E-state index contributed by atoms with van der Waals surface area (Å²) in [6, 6.07) is 5.73. The zero-order chi connectivity index (χ0) is 15.3. The van der Waals surface area contributed by atoms with Crippen LogP contribution in [-0.2, 0) is 10.4 Å². The van der Waals surface area contributed by atoms with Crippen molar-refractivity contribution in [1.82, 2.24) is 0 Å². The van der Waals surface area contributed by atoms with Crippen molar-refractivity contribution < 1.29 is 24.9 Å². The number of aliphatic hydroxyl groups is 2. The topological polar surface area (TPSA) is 94.8 Å². The third kappa shape index (κ3) is 4.29. The maximum Gasteiger partial charge on any atom is 0.335 e. The molecule has 0 radical (unpaired) electrons. The molecule has 0 amide bonds. The largest absolute Gasteiger partial charge is 0.478 e. The molecule has 0 aliphatic carbocycles. The van der Waals surface area contributed by atoms with Crippen molar-refractivity contribution in [3.63, 3.8) is 0 Å². The molecule has 5 heteroatoms. The van der Waals surface area contributed by atoms with Gasteiger partial charge in [0.1, 0.15) is 0 Å². The van der Waals surface area contributed by atoms with Gasteiger partial charge in [0.2, 0.25) is 0 Å². The van der Waals surface area contributed by atoms with Gasteiger partial charge >= 0.3 is 5.97 Å². The van der Waals surface area contributed by atoms with Crippen LogP contribution in [0, 0.1) is 0 Å². The number of aromatic carboxylic acids is 1. The SMILES string of the molecule is C/C(=C\C(=O)C[C@](C)(O)c1ccc(C(=O)O)cc1)CO. The Bertz CT molecular complexity index is 526. The lowest BCUT2D eigenvalue weighted by atomic mass is 9.89. The molecule has 0 spiro atoms. The predicted molar refractivity (Wildman–Crippen MR) is 73.4 cm³/mol. The molecule has 0 aliphatic rings. The molecular weight excluding hydrogens is 260 g/mol. The number of rotatable bonds is 6. The van der Waals surface area contributed by atoms with Crippen LogP contribution >= 0.6 is 0 Å². The lowest BCUT2D eigenvalue weighted by molar-refractivity contribution is -0.119. The summed E-state index contributed by atoms with van der Waals surface area (Å²) in [6.45, 7) is 2.90. The molecule has 1 atom stereocenters. The maximum atomic E-state index is 11.7. The quantitative estimate of drug-likeness (QED) is 0.685. The average Bonchev–Trinajstić information content (AvgIpc) is 2.37. The molecule has 1 rings (SSSR count). The van der Waals surface area contributed by atoms with Crippen molar-refractivity contribution in [1.29, 1.82) is 0 Å². The fraction of sp³-hybridized carbons (Fsp3) is 0.333. The molecule has 0 bridgehead atoms. The minimum absolute atomic E-state index is 0.117. The summed E-state index contributed by atoms with van der Waals surface area (Å²) in [4.78, 5) is 22.5. The highest BCUT2D eigenvalue weighted by Crippen LogP contribution is 2.25. The number of carboxylic acid groups (broad SMARTS) is 1. The molecule has 0 unspecified atom stereocenters. The first-order chi connectivity index (χ1) is 9.26. The lowest BCUT2D eigenvalue weighted by Crippen LogP contribution is -2.24. The van der Waals surface area contributed by atoms with Crippen LogP contribution in [-0.4, -0.2) is 33.7 Å². The molecule has 20 heavy (non-hydrogen) atoms. The summed E-state index contributed by atoms with van der Waals surface area (Å²) >= 11 is 0. The van der Waals surface area contributed by atoms with Crippen molar-refractivity contribution in [3.05, 3.63) is 47.0 Å². The molecule has 1 aromatic rings. The molecule has 1 aromatic carbocycles. The second-order valence-corrected chi connectivity index (χ2v) is 4.95. The van der Waals surface area contributed by atoms with Crippen LogP contribution in [0.1, 0.15) is 36.2 Å². The van der Waals surface area contributed by atoms with Crippen LogP contribution in [0.4, 0.5) is 0 Å². The predicted octanol–water partition coefficient (Wildman–Crippen LogP) is 1.49. The first kappa shape index (κ1) is 16.1. The van der Waals surface area contributed by atoms with E-state index in [4.69, 9.17) is 10.2 Å². The van der Waals surface area contributed by atoms with Crippen molar-refractivity contribution >= 4 is 11.8 Å². The van der Waals surface area contributed by atoms with Crippen molar-refractivity contribution in [2.75, 3.05) is 6.61 Å². The summed E-state index contributed by atoms with van der Waals surface area (Å²) in [7, 11) is 0. The van der Waals surface area contributed by atoms with E-state index in [1.165, 1.54) is 37.3 Å². The van der Waals surface area contributed by atoms with Crippen LogP contribution in [0.5, 0.6) is 0 Å². The maximum absolute atomic E-state index is 11.7. The normalized spacial score (nSPS) is 14.7. The van der Waals surface area contributed by atoms with Gasteiger partial charge in [-0.05, 0) is 43.2 Å². The zero-order valence-corrected chi connectivity index (χ0v) is 11.5. The van der Waals surface area contributed by atoms with Crippen molar-refractivity contribution in [2.45, 2.75) is 25.9 Å². The summed E-state index contributed by atoms with van der Waals surface area (Å²) < 4.78 is 0. The fourth-order valence-electron chi connectivity index (χ4n) is 1.78. The van der Waals surface area contributed by atoms with Gasteiger partial charge in [-0.2, -0.15) is 0 Å². The Balaban J connectivity index is 2.88. The molecule has 108 valence electrons. The van der Waals surface area contributed by atoms with E-state index >= 15 is 0 Å². The van der Waals surface area contributed by atoms with E-state index in [0.29, 0.717) is 11.1 Å². The second kappa shape index (κ2) is 6.45. The summed E-state index contributed by atoms with van der Waals surface area (Å²) in [5.41, 5.74) is -0.287. The number of aliphatic hydroxyl groups excluding tert-OH is 1. The summed E-state index contributed by atoms with van der Waals surface area (Å²) in [5, 5.41) is 28.0. The molecule has 5 nitrogen and oxygen atoms in total. The zero-order valence-electron chi connectivity index (χ0n) is 11.5. The molecule has 0 aromatic heterocycles. The Labute approximate surface area is 117 Å². The van der Waals surface area contributed by atoms with Crippen LogP contribution in [0.25, 0.3) is 0 Å². The van der Waals surface area contributed by atoms with E-state index in [1.54, 1.807) is 6.92 Å². The van der Waals surface area contributed by atoms with E-state index in [9.17, 15) is 14.7 Å². The van der Waals surface area contributed by atoms with Gasteiger partial charge in [-0.1, -0.05) is 12.1 Å². The lowest BCUT2D eigenvalue weighted by Gasteiger charge is -2.22. The molecule has 3 N–H and O–H groups in total. The Morgan fingerprint density at radius 2 is 1.80 bits per heavy atom. The van der Waals surface area contributed by atoms with E-state index in [-0.39, 0.29) is 24.4 Å². The number of benzene rings is 1. The molecule has 0 fully saturated rings. The molecule has 0 heterocycles. The number of hydrogen-bond donors (Lipinski definition) is 3. The van der Waals surface area contributed by atoms with Crippen LogP contribution in [0.15, 0.2) is 35.9 Å². The van der Waals surface area contributed by atoms with E-state index < -0.39 is 11.6 Å². The number of carboxylic acids is 1. The Kier molecular flexibility index (Phi) is 5.19. The van der Waals surface area contributed by atoms with Gasteiger partial charge in [0.05, 0.1) is 17.8 Å². The second-order valence-electron chi connectivity index (χ2n) is 4.95. The summed E-state index contributed by atoms with van der Waals surface area (Å²) in [6.07, 6.45) is 1.15. The first-order valence-corrected chi connectivity index (χ1v) is 6.13. The van der Waals surface area contributed by atoms with Gasteiger partial charge in [-0.15, -0.1) is 0 Å². The standard InChI is InChI=1S/C15H18O5/c1-10(9-16)7-13(17)8-15(2,20)12-5-3-11(4-6-12)14(18)19/h3-7,16,20H,8-9H2,1-2H3,(H,18,19)/b10-7+/t15-/m0/s1. The molecule has 0 saturated heterocycles. The van der Waals surface area contributed by atoms with Gasteiger partial charge in [0.25, 0.3) is 0 Å². The van der Waals surface area contributed by atoms with Crippen LogP contribution in [0.2, 0.25) is 0 Å². The Hall–Kier alpha value is -1.98. The number of hydrogen-bond acceptors (Lipinski definition) is 4. The van der Waals surface area contributed by atoms with E-state index in [2.05, 4.69) is 0 Å². The third-order valence-electron chi connectivity index (χ3n) is 2.93. The highest BCUT2D eigenvalue weighted by molar-refractivity contribution is 5.91. The van der Waals surface area contributed by atoms with Gasteiger partial charge in [-0.3, -0.25) is 4.79 Å². The fourth-order valence-corrected chi connectivity index (χ4v) is 1.78. The van der Waals surface area contributed by atoms with Gasteiger partial charge in [-0.25, -0.2) is 4.79 Å². The molecular formula is C15H18O5. The van der Waals surface area contributed by atoms with Gasteiger partial charge in [0, 0.05) is 6.42 Å². The van der Waals surface area contributed by atoms with E-state index in [0.717, 1.165) is 0 Å². The smallest absolute Gasteiger partial charge is 0.335 e. The monoisotopic (exact) mass is 278 g/mol. The highest BCUT2D eigenvalue weighted by atomic mass is 16.4. The van der Waals surface area contributed by atoms with Crippen LogP contribution in [0.3, 0.4) is 0 Å². The third-order valence-corrected chi connectivity index (χ3v) is 2.93. The average molecular weight is 278 g/mol. The minimum Gasteiger partial charge on any atom is -0.478 e. The Morgan fingerprint density at radius 1 is 1.25 bits per heavy atom. The van der Waals surface area contributed by atoms with Gasteiger partial charge < -0.3 is 15.3 Å². The molecule has 0 aliphatic heterocycles. The van der Waals surface area contributed by atoms with E-state index in [1.807, 2.05) is 0 Å². The number of carbonyl (C=O) groups is 2. The number of ketones is 1. The van der Waals surface area contributed by atoms with Crippen molar-refractivity contribution in [2.24, 2.45) is 0 Å². The van der Waals surface area contributed by atoms with Gasteiger partial charge in [0.15, 0.2) is 5.78 Å². The first-order valence-electron chi connectivity index (χ1n) is 6.13. The minimum atomic E-state index is -1.39. The number of carbonyl (C=O) groups excluding carboxylic acids is 1. The Morgan fingerprint density at radius 3 is 2.25 bits per heavy atom. The van der Waals surface area contributed by atoms with Crippen LogP contribution < -0.4 is 0 Å². The molecule has 0 saturated carbocycles. The number of allylic oxidation sites excluding steroid dienone is 1.